The molecule has 0 bridgehead atoms. The van der Waals surface area contributed by atoms with Gasteiger partial charge in [0, 0.05) is 29.9 Å². The van der Waals surface area contributed by atoms with Gasteiger partial charge in [-0.25, -0.2) is 14.4 Å². The molecule has 65 heavy (non-hydrogen) atoms. The average molecular weight is 885 g/mol. The van der Waals surface area contributed by atoms with Crippen molar-refractivity contribution in [1.82, 2.24) is 15.2 Å². The maximum Gasteiger partial charge on any atom is 0.412 e. The highest BCUT2D eigenvalue weighted by atomic mass is 16.6. The summed E-state index contributed by atoms with van der Waals surface area (Å²) in [5.74, 6) is -3.60. The van der Waals surface area contributed by atoms with Gasteiger partial charge in [0.1, 0.15) is 23.2 Å². The monoisotopic (exact) mass is 885 g/mol. The molecule has 5 aromatic rings. The van der Waals surface area contributed by atoms with Gasteiger partial charge >= 0.3 is 18.0 Å². The number of unbranched alkanes of at least 4 members (excludes halogenated alkanes) is 11. The minimum Gasteiger partial charge on any atom is -0.444 e. The fourth-order valence-electron chi connectivity index (χ4n) is 8.48. The zero-order valence-electron chi connectivity index (χ0n) is 38.7. The Hall–Kier alpha value is -6.07. The lowest BCUT2D eigenvalue weighted by Crippen LogP contribution is -2.60. The van der Waals surface area contributed by atoms with Gasteiger partial charge in [0.05, 0.1) is 6.42 Å². The largest absolute Gasteiger partial charge is 0.444 e. The maximum atomic E-state index is 15.2. The number of imide groups is 1. The molecule has 0 aliphatic heterocycles. The topological polar surface area (TPSA) is 161 Å². The van der Waals surface area contributed by atoms with Crippen molar-refractivity contribution >= 4 is 40.7 Å². The number of ether oxygens (including phenoxy) is 2. The van der Waals surface area contributed by atoms with Crippen LogP contribution in [0.1, 0.15) is 140 Å². The van der Waals surface area contributed by atoms with Gasteiger partial charge in [-0.2, -0.15) is 0 Å². The summed E-state index contributed by atoms with van der Waals surface area (Å²) in [7, 11) is 0. The lowest BCUT2D eigenvalue weighted by Gasteiger charge is -2.48. The second-order valence-corrected chi connectivity index (χ2v) is 17.9. The maximum absolute atomic E-state index is 15.2. The van der Waals surface area contributed by atoms with Crippen molar-refractivity contribution in [3.63, 3.8) is 0 Å². The number of aromatic amines is 1. The molecule has 0 aliphatic rings. The van der Waals surface area contributed by atoms with Crippen LogP contribution in [-0.4, -0.2) is 57.4 Å². The number of fused-ring (bicyclic) bond motifs is 1. The van der Waals surface area contributed by atoms with Crippen molar-refractivity contribution < 1.29 is 33.4 Å². The molecule has 1 heterocycles. The molecule has 11 nitrogen and oxygen atoms in total. The number of nitrogens with one attached hydrogen (secondary N) is 2. The van der Waals surface area contributed by atoms with Crippen LogP contribution < -0.4 is 11.1 Å². The Balaban J connectivity index is 1.46. The number of esters is 2. The zero-order chi connectivity index (χ0) is 46.7. The first-order valence-corrected chi connectivity index (χ1v) is 23.4. The van der Waals surface area contributed by atoms with Gasteiger partial charge in [-0.15, -0.1) is 0 Å². The highest BCUT2D eigenvalue weighted by Crippen LogP contribution is 2.45. The second-order valence-electron chi connectivity index (χ2n) is 17.9. The minimum atomic E-state index is -1.82. The first-order valence-electron chi connectivity index (χ1n) is 23.4. The van der Waals surface area contributed by atoms with Crippen LogP contribution in [0.25, 0.3) is 10.9 Å². The Labute approximate surface area is 384 Å². The van der Waals surface area contributed by atoms with E-state index in [-0.39, 0.29) is 12.8 Å². The van der Waals surface area contributed by atoms with Gasteiger partial charge in [-0.1, -0.05) is 187 Å². The molecule has 2 atom stereocenters. The van der Waals surface area contributed by atoms with Gasteiger partial charge < -0.3 is 20.2 Å². The van der Waals surface area contributed by atoms with E-state index >= 15 is 4.79 Å². The van der Waals surface area contributed by atoms with Crippen LogP contribution in [0.15, 0.2) is 121 Å². The normalized spacial score (nSPS) is 12.6. The van der Waals surface area contributed by atoms with Crippen LogP contribution in [0.4, 0.5) is 4.79 Å². The lowest BCUT2D eigenvalue weighted by atomic mass is 9.74. The van der Waals surface area contributed by atoms with Crippen LogP contribution in [0, 0.1) is 0 Å². The van der Waals surface area contributed by atoms with E-state index in [2.05, 4.69) is 17.2 Å². The third kappa shape index (κ3) is 14.2. The number of nitrogens with zero attached hydrogens (tertiary/aromatic N) is 1. The van der Waals surface area contributed by atoms with Crippen molar-refractivity contribution in [2.75, 3.05) is 0 Å². The van der Waals surface area contributed by atoms with Gasteiger partial charge in [-0.05, 0) is 55.5 Å². The quantitative estimate of drug-likeness (QED) is 0.0239. The number of amides is 3. The fraction of sp³-hybridized carbons (Fsp3) is 0.426. The van der Waals surface area contributed by atoms with Crippen molar-refractivity contribution in [1.29, 1.82) is 0 Å². The molecule has 4 N–H and O–H groups in total. The first kappa shape index (κ1) is 49.9. The van der Waals surface area contributed by atoms with Gasteiger partial charge in [-0.3, -0.25) is 19.8 Å². The number of nitrogens with two attached hydrogens (primary N) is 1. The number of aromatic nitrogens is 1. The molecule has 0 spiro atoms. The standard InChI is InChI=1S/C54H68N4O7/c1-5-6-7-8-9-10-11-12-13-14-15-25-36-48(59)57-49(60)38-47(51(62)64-50(61)45(55)37-40-39-56-46-35-27-26-34-44(40)46)58(52(63)65-53(2,3)4)54(41-28-19-16-20-29-41,42-30-21-17-22-31-42)43-32-23-18-24-33-43/h16-24,26-35,39,45,47,56H,5-15,25,36-38,55H2,1-4H3,(H,57,59,60)/t45-,47-/m0/s1. The van der Waals surface area contributed by atoms with E-state index in [1.165, 1.54) is 49.8 Å². The van der Waals surface area contributed by atoms with Gasteiger partial charge in [0.2, 0.25) is 11.8 Å². The predicted octanol–water partition coefficient (Wildman–Crippen LogP) is 10.8. The van der Waals surface area contributed by atoms with E-state index in [4.69, 9.17) is 15.2 Å². The number of hydrogen-bond acceptors (Lipinski definition) is 8. The Morgan fingerprint density at radius 1 is 0.631 bits per heavy atom. The summed E-state index contributed by atoms with van der Waals surface area (Å²) < 4.78 is 11.7. The number of benzene rings is 4. The van der Waals surface area contributed by atoms with Crippen LogP contribution in [-0.2, 0) is 40.6 Å². The van der Waals surface area contributed by atoms with Gasteiger partial charge in [0.25, 0.3) is 0 Å². The van der Waals surface area contributed by atoms with Crippen molar-refractivity contribution in [3.8, 4) is 0 Å². The Bertz CT molecular complexity index is 2170. The molecule has 4 aromatic carbocycles. The molecule has 1 aromatic heterocycles. The minimum absolute atomic E-state index is 0.0344. The summed E-state index contributed by atoms with van der Waals surface area (Å²) in [6, 6.07) is 31.7. The van der Waals surface area contributed by atoms with E-state index < -0.39 is 59.5 Å². The summed E-state index contributed by atoms with van der Waals surface area (Å²) in [5.41, 5.74) is 6.94. The summed E-state index contributed by atoms with van der Waals surface area (Å²) in [6.45, 7) is 7.31. The molecule has 0 aliphatic carbocycles. The highest BCUT2D eigenvalue weighted by molar-refractivity contribution is 6.00. The fourth-order valence-corrected chi connectivity index (χ4v) is 8.48. The summed E-state index contributed by atoms with van der Waals surface area (Å²) in [5, 5.41) is 3.32. The van der Waals surface area contributed by atoms with Gasteiger partial charge in [0.15, 0.2) is 0 Å². The van der Waals surface area contributed by atoms with Crippen LogP contribution in [0.2, 0.25) is 0 Å². The second kappa shape index (κ2) is 24.8. The Morgan fingerprint density at radius 3 is 1.62 bits per heavy atom. The van der Waals surface area contributed by atoms with E-state index in [9.17, 15) is 19.2 Å². The molecule has 0 fully saturated rings. The number of para-hydroxylation sites is 1. The smallest absolute Gasteiger partial charge is 0.412 e. The van der Waals surface area contributed by atoms with E-state index in [1.807, 2.05) is 115 Å². The summed E-state index contributed by atoms with van der Waals surface area (Å²) in [6.07, 6.45) is 13.8. The first-order chi connectivity index (χ1) is 31.3. The molecule has 3 amide bonds. The molecule has 5 rings (SSSR count). The van der Waals surface area contributed by atoms with E-state index in [0.29, 0.717) is 23.1 Å². The molecule has 346 valence electrons. The van der Waals surface area contributed by atoms with Crippen LogP contribution in [0.3, 0.4) is 0 Å². The van der Waals surface area contributed by atoms with Crippen LogP contribution >= 0.6 is 0 Å². The number of carbonyl (C=O) groups excluding carboxylic acids is 5. The van der Waals surface area contributed by atoms with Crippen molar-refractivity contribution in [2.24, 2.45) is 5.73 Å². The Kier molecular flexibility index (Phi) is 19.1. The number of hydrogen-bond donors (Lipinski definition) is 3. The summed E-state index contributed by atoms with van der Waals surface area (Å²) >= 11 is 0. The predicted molar refractivity (Wildman–Crippen MR) is 256 cm³/mol. The van der Waals surface area contributed by atoms with Crippen molar-refractivity contribution in [2.45, 2.75) is 147 Å². The molecule has 0 radical (unpaired) electrons. The number of H-pyrrole nitrogens is 1. The third-order valence-electron chi connectivity index (χ3n) is 11.6. The highest BCUT2D eigenvalue weighted by Gasteiger charge is 2.52. The average Bonchev–Trinajstić information content (AvgIpc) is 3.70. The number of carbonyl (C=O) groups is 5. The number of rotatable bonds is 24. The summed E-state index contributed by atoms with van der Waals surface area (Å²) in [4.78, 5) is 75.8. The van der Waals surface area contributed by atoms with E-state index in [1.54, 1.807) is 27.0 Å². The SMILES string of the molecule is CCCCCCCCCCCCCCC(=O)NC(=O)C[C@@H](C(=O)OC(=O)[C@@H](N)Cc1c[nH]c2ccccc12)N(C(=O)OC(C)(C)C)C(c1ccccc1)(c1ccccc1)c1ccccc1. The van der Waals surface area contributed by atoms with Crippen molar-refractivity contribution in [3.05, 3.63) is 144 Å². The molecular weight excluding hydrogens is 817 g/mol. The molecular formula is C54H68N4O7. The zero-order valence-corrected chi connectivity index (χ0v) is 38.7. The van der Waals surface area contributed by atoms with Crippen LogP contribution in [0.5, 0.6) is 0 Å². The Morgan fingerprint density at radius 2 is 1.11 bits per heavy atom. The lowest BCUT2D eigenvalue weighted by molar-refractivity contribution is -0.166. The molecule has 0 saturated heterocycles. The van der Waals surface area contributed by atoms with E-state index in [0.717, 1.165) is 42.1 Å². The molecule has 11 heteroatoms. The molecule has 0 unspecified atom stereocenters. The molecule has 0 saturated carbocycles. The third-order valence-corrected chi connectivity index (χ3v) is 11.6.